The first-order valence-corrected chi connectivity index (χ1v) is 8.64. The van der Waals surface area contributed by atoms with Crippen LogP contribution in [0.25, 0.3) is 0 Å². The van der Waals surface area contributed by atoms with Crippen LogP contribution in [0.3, 0.4) is 0 Å². The fourth-order valence-electron chi connectivity index (χ4n) is 2.18. The minimum Gasteiger partial charge on any atom is -0.464 e. The fraction of sp³-hybridized carbons (Fsp3) is 0.190. The van der Waals surface area contributed by atoms with Crippen LogP contribution in [0, 0.1) is 11.8 Å². The molecule has 2 rings (SSSR count). The standard InChI is InChI=1S/C21H19ClN2O4/c1-15(8-9-16-10-12-18(22)13-11-16)23-28-14-17-6-4-5-7-19(17)20(24-27-3)21(25)26-2/h4-7,10-13H,14H2,1-3H3/b23-15+,24-20+. The van der Waals surface area contributed by atoms with Crippen molar-refractivity contribution in [2.24, 2.45) is 10.3 Å². The number of carbonyl (C=O) groups is 1. The zero-order chi connectivity index (χ0) is 20.4. The number of halogens is 1. The van der Waals surface area contributed by atoms with E-state index in [2.05, 4.69) is 22.2 Å². The van der Waals surface area contributed by atoms with Gasteiger partial charge in [0.2, 0.25) is 0 Å². The number of methoxy groups -OCH3 is 1. The number of ether oxygens (including phenoxy) is 1. The number of carbonyl (C=O) groups excluding carboxylic acids is 1. The Morgan fingerprint density at radius 1 is 1.07 bits per heavy atom. The molecule has 0 spiro atoms. The van der Waals surface area contributed by atoms with Crippen molar-refractivity contribution in [3.63, 3.8) is 0 Å². The normalized spacial score (nSPS) is 11.3. The van der Waals surface area contributed by atoms with Crippen LogP contribution in [0.15, 0.2) is 58.8 Å². The van der Waals surface area contributed by atoms with E-state index in [1.165, 1.54) is 14.2 Å². The number of oxime groups is 2. The van der Waals surface area contributed by atoms with Crippen molar-refractivity contribution in [3.8, 4) is 11.8 Å². The first kappa shape index (κ1) is 21.0. The maximum absolute atomic E-state index is 11.9. The van der Waals surface area contributed by atoms with Gasteiger partial charge in [-0.3, -0.25) is 0 Å². The molecule has 0 saturated heterocycles. The van der Waals surface area contributed by atoms with Crippen molar-refractivity contribution in [3.05, 3.63) is 70.2 Å². The maximum Gasteiger partial charge on any atom is 0.360 e. The number of nitrogens with zero attached hydrogens (tertiary/aromatic N) is 2. The lowest BCUT2D eigenvalue weighted by atomic mass is 10.0. The van der Waals surface area contributed by atoms with Crippen molar-refractivity contribution in [2.45, 2.75) is 13.5 Å². The molecule has 0 radical (unpaired) electrons. The molecule has 28 heavy (non-hydrogen) atoms. The van der Waals surface area contributed by atoms with Crippen molar-refractivity contribution in [2.75, 3.05) is 14.2 Å². The first-order valence-electron chi connectivity index (χ1n) is 8.27. The zero-order valence-electron chi connectivity index (χ0n) is 15.7. The summed E-state index contributed by atoms with van der Waals surface area (Å²) in [6.07, 6.45) is 0. The van der Waals surface area contributed by atoms with Crippen LogP contribution in [0.4, 0.5) is 0 Å². The van der Waals surface area contributed by atoms with E-state index in [9.17, 15) is 4.79 Å². The highest BCUT2D eigenvalue weighted by Gasteiger charge is 2.19. The molecule has 2 aromatic carbocycles. The van der Waals surface area contributed by atoms with Crippen LogP contribution in [0.1, 0.15) is 23.6 Å². The molecule has 2 aromatic rings. The molecule has 0 heterocycles. The van der Waals surface area contributed by atoms with Gasteiger partial charge in [0, 0.05) is 21.7 Å². The van der Waals surface area contributed by atoms with E-state index >= 15 is 0 Å². The molecule has 0 aromatic heterocycles. The molecule has 0 N–H and O–H groups in total. The van der Waals surface area contributed by atoms with E-state index in [-0.39, 0.29) is 12.3 Å². The molecule has 0 aliphatic rings. The van der Waals surface area contributed by atoms with Gasteiger partial charge in [-0.15, -0.1) is 0 Å². The molecule has 0 unspecified atom stereocenters. The Kier molecular flexibility index (Phi) is 8.07. The number of benzene rings is 2. The first-order chi connectivity index (χ1) is 13.5. The van der Waals surface area contributed by atoms with Gasteiger partial charge in [0.1, 0.15) is 19.4 Å². The number of hydrogen-bond donors (Lipinski definition) is 0. The molecule has 0 bridgehead atoms. The second kappa shape index (κ2) is 10.8. The lowest BCUT2D eigenvalue weighted by molar-refractivity contribution is -0.132. The summed E-state index contributed by atoms with van der Waals surface area (Å²) in [6.45, 7) is 1.86. The average Bonchev–Trinajstić information content (AvgIpc) is 2.71. The van der Waals surface area contributed by atoms with Crippen molar-refractivity contribution >= 4 is 29.0 Å². The van der Waals surface area contributed by atoms with E-state index in [1.54, 1.807) is 37.3 Å². The van der Waals surface area contributed by atoms with E-state index < -0.39 is 5.97 Å². The van der Waals surface area contributed by atoms with Crippen molar-refractivity contribution in [1.82, 2.24) is 0 Å². The summed E-state index contributed by atoms with van der Waals surface area (Å²) in [7, 11) is 2.63. The smallest absolute Gasteiger partial charge is 0.360 e. The van der Waals surface area contributed by atoms with E-state index in [4.69, 9.17) is 26.0 Å². The lowest BCUT2D eigenvalue weighted by Gasteiger charge is -2.09. The predicted octanol–water partition coefficient (Wildman–Crippen LogP) is 3.81. The third kappa shape index (κ3) is 6.15. The highest BCUT2D eigenvalue weighted by atomic mass is 35.5. The van der Waals surface area contributed by atoms with Crippen LogP contribution in [-0.2, 0) is 25.8 Å². The Morgan fingerprint density at radius 3 is 2.46 bits per heavy atom. The number of hydrogen-bond acceptors (Lipinski definition) is 6. The van der Waals surface area contributed by atoms with Gasteiger partial charge in [-0.1, -0.05) is 52.1 Å². The van der Waals surface area contributed by atoms with Gasteiger partial charge in [-0.2, -0.15) is 0 Å². The summed E-state index contributed by atoms with van der Waals surface area (Å²) in [5.74, 6) is 5.27. The van der Waals surface area contributed by atoms with Crippen LogP contribution < -0.4 is 0 Å². The predicted molar refractivity (Wildman–Crippen MR) is 108 cm³/mol. The van der Waals surface area contributed by atoms with Gasteiger partial charge in [-0.05, 0) is 37.1 Å². The largest absolute Gasteiger partial charge is 0.464 e. The van der Waals surface area contributed by atoms with Gasteiger partial charge in [-0.25, -0.2) is 4.79 Å². The van der Waals surface area contributed by atoms with E-state index in [0.29, 0.717) is 21.9 Å². The topological polar surface area (TPSA) is 69.5 Å². The summed E-state index contributed by atoms with van der Waals surface area (Å²) >= 11 is 5.85. The molecule has 7 heteroatoms. The Balaban J connectivity index is 2.11. The van der Waals surface area contributed by atoms with Crippen molar-refractivity contribution < 1.29 is 19.2 Å². The molecule has 0 fully saturated rings. The second-order valence-corrected chi connectivity index (χ2v) is 5.91. The molecule has 144 valence electrons. The molecule has 0 amide bonds. The van der Waals surface area contributed by atoms with Gasteiger partial charge < -0.3 is 14.4 Å². The summed E-state index contributed by atoms with van der Waals surface area (Å²) in [6, 6.07) is 14.3. The Hall–Kier alpha value is -3.30. The van der Waals surface area contributed by atoms with Gasteiger partial charge >= 0.3 is 5.97 Å². The maximum atomic E-state index is 11.9. The van der Waals surface area contributed by atoms with Crippen LogP contribution in [-0.4, -0.2) is 31.6 Å². The molecule has 6 nitrogen and oxygen atoms in total. The SMILES string of the molecule is CO/N=C(/C(=O)OC)c1ccccc1CO/N=C(\C)C#Cc1ccc(Cl)cc1. The monoisotopic (exact) mass is 398 g/mol. The third-order valence-electron chi connectivity index (χ3n) is 3.49. The Labute approximate surface area is 168 Å². The number of rotatable bonds is 6. The lowest BCUT2D eigenvalue weighted by Crippen LogP contribution is -2.19. The van der Waals surface area contributed by atoms with Gasteiger partial charge in [0.05, 0.1) is 7.11 Å². The summed E-state index contributed by atoms with van der Waals surface area (Å²) in [5.41, 5.74) is 2.61. The Morgan fingerprint density at radius 2 is 1.79 bits per heavy atom. The summed E-state index contributed by atoms with van der Waals surface area (Å²) in [5, 5.41) is 8.40. The molecular weight excluding hydrogens is 380 g/mol. The quantitative estimate of drug-likeness (QED) is 0.321. The van der Waals surface area contributed by atoms with Crippen LogP contribution in [0.5, 0.6) is 0 Å². The minimum absolute atomic E-state index is 0.0485. The van der Waals surface area contributed by atoms with E-state index in [1.807, 2.05) is 18.2 Å². The molecular formula is C21H19ClN2O4. The summed E-state index contributed by atoms with van der Waals surface area (Å²) in [4.78, 5) is 22.1. The van der Waals surface area contributed by atoms with Gasteiger partial charge in [0.15, 0.2) is 5.71 Å². The average molecular weight is 399 g/mol. The second-order valence-electron chi connectivity index (χ2n) is 5.48. The summed E-state index contributed by atoms with van der Waals surface area (Å²) < 4.78 is 4.75. The number of esters is 1. The van der Waals surface area contributed by atoms with Gasteiger partial charge in [0.25, 0.3) is 0 Å². The highest BCUT2D eigenvalue weighted by Crippen LogP contribution is 2.13. The zero-order valence-corrected chi connectivity index (χ0v) is 16.5. The molecule has 0 aliphatic heterocycles. The molecule has 0 atom stereocenters. The fourth-order valence-corrected chi connectivity index (χ4v) is 2.30. The molecule has 0 saturated carbocycles. The van der Waals surface area contributed by atoms with E-state index in [0.717, 1.165) is 5.56 Å². The third-order valence-corrected chi connectivity index (χ3v) is 3.74. The van der Waals surface area contributed by atoms with Crippen molar-refractivity contribution in [1.29, 1.82) is 0 Å². The molecule has 0 aliphatic carbocycles. The highest BCUT2D eigenvalue weighted by molar-refractivity contribution is 6.43. The Bertz CT molecular complexity index is 941. The minimum atomic E-state index is -0.609. The van der Waals surface area contributed by atoms with Crippen LogP contribution >= 0.6 is 11.6 Å². The van der Waals surface area contributed by atoms with Crippen LogP contribution in [0.2, 0.25) is 5.02 Å².